The largest absolute Gasteiger partial charge is 0.0776 e. The van der Waals surface area contributed by atoms with Crippen LogP contribution in [0, 0.1) is 0 Å². The summed E-state index contributed by atoms with van der Waals surface area (Å²) in [5.74, 6) is 0. The third-order valence-electron chi connectivity index (χ3n) is 0.988. The van der Waals surface area contributed by atoms with E-state index in [9.17, 15) is 0 Å². The molecule has 11 heavy (non-hydrogen) atoms. The van der Waals surface area contributed by atoms with Crippen LogP contribution in [0.2, 0.25) is 0 Å². The van der Waals surface area contributed by atoms with Gasteiger partial charge in [0.2, 0.25) is 0 Å². The first kappa shape index (κ1) is 12.1. The van der Waals surface area contributed by atoms with Gasteiger partial charge < -0.3 is 0 Å². The van der Waals surface area contributed by atoms with Crippen molar-refractivity contribution in [2.24, 2.45) is 0 Å². The molecule has 4 heteroatoms. The summed E-state index contributed by atoms with van der Waals surface area (Å²) in [4.78, 5) is 0. The Morgan fingerprint density at radius 2 is 1.00 bits per heavy atom. The lowest BCUT2D eigenvalue weighted by molar-refractivity contribution is 1.50. The van der Waals surface area contributed by atoms with Crippen molar-refractivity contribution in [1.29, 1.82) is 0 Å². The van der Waals surface area contributed by atoms with Gasteiger partial charge in [-0.25, -0.2) is 0 Å². The van der Waals surface area contributed by atoms with Crippen LogP contribution in [-0.4, -0.2) is 0 Å². The van der Waals surface area contributed by atoms with Gasteiger partial charge in [0.25, 0.3) is 0 Å². The fourth-order valence-electron chi connectivity index (χ4n) is 0.502. The van der Waals surface area contributed by atoms with Crippen LogP contribution >= 0.6 is 63.7 Å². The maximum atomic E-state index is 3.41. The molecule has 0 fully saturated rings. The molecule has 0 atom stereocenters. The Morgan fingerprint density at radius 1 is 0.727 bits per heavy atom. The predicted molar refractivity (Wildman–Crippen MR) is 64.0 cm³/mol. The molecule has 0 N–H and O–H groups in total. The first-order chi connectivity index (χ1) is 4.63. The topological polar surface area (TPSA) is 0 Å². The van der Waals surface area contributed by atoms with Gasteiger partial charge in [-0.3, -0.25) is 0 Å². The van der Waals surface area contributed by atoms with Crippen molar-refractivity contribution in [2.75, 3.05) is 0 Å². The van der Waals surface area contributed by atoms with Gasteiger partial charge in [0, 0.05) is 17.9 Å². The fourth-order valence-corrected chi connectivity index (χ4v) is 2.39. The normalized spacial score (nSPS) is 9.09. The highest BCUT2D eigenvalue weighted by Gasteiger charge is 2.03. The van der Waals surface area contributed by atoms with Crippen molar-refractivity contribution in [3.63, 3.8) is 0 Å². The van der Waals surface area contributed by atoms with E-state index >= 15 is 0 Å². The van der Waals surface area contributed by atoms with Crippen molar-refractivity contribution >= 4 is 63.7 Å². The first-order valence-electron chi connectivity index (χ1n) is 2.42. The molecule has 0 aliphatic carbocycles. The van der Waals surface area contributed by atoms with E-state index in [1.807, 2.05) is 12.1 Å². The van der Waals surface area contributed by atoms with Crippen LogP contribution in [0.4, 0.5) is 0 Å². The van der Waals surface area contributed by atoms with Gasteiger partial charge in [-0.2, -0.15) is 0 Å². The zero-order valence-electron chi connectivity index (χ0n) is 4.67. The molecule has 0 spiro atoms. The number of hydrogen-bond acceptors (Lipinski definition) is 0. The van der Waals surface area contributed by atoms with Crippen molar-refractivity contribution in [3.8, 4) is 0 Å². The van der Waals surface area contributed by atoms with E-state index in [1.54, 1.807) is 0 Å². The second-order valence-electron chi connectivity index (χ2n) is 1.66. The highest BCUT2D eigenvalue weighted by Crippen LogP contribution is 2.35. The maximum absolute atomic E-state index is 3.41. The molecule has 1 aromatic carbocycles. The van der Waals surface area contributed by atoms with Gasteiger partial charge in [0.05, 0.1) is 0 Å². The molecular formula is C7H6Br4. The Balaban J connectivity index is 0.000001000. The Morgan fingerprint density at radius 3 is 1.27 bits per heavy atom. The molecule has 0 nitrogen and oxygen atoms in total. The van der Waals surface area contributed by atoms with Gasteiger partial charge >= 0.3 is 0 Å². The number of benzene rings is 1. The Hall–Kier alpha value is 1.14. The number of halogens is 4. The minimum Gasteiger partial charge on any atom is -0.0776 e. The van der Waals surface area contributed by atoms with E-state index in [-0.39, 0.29) is 7.43 Å². The van der Waals surface area contributed by atoms with E-state index in [0.29, 0.717) is 0 Å². The van der Waals surface area contributed by atoms with E-state index in [0.717, 1.165) is 17.9 Å². The monoisotopic (exact) mass is 406 g/mol. The summed E-state index contributed by atoms with van der Waals surface area (Å²) in [6, 6.07) is 3.94. The summed E-state index contributed by atoms with van der Waals surface area (Å²) in [5, 5.41) is 0. The lowest BCUT2D eigenvalue weighted by Crippen LogP contribution is -1.73. The van der Waals surface area contributed by atoms with Crippen LogP contribution in [0.15, 0.2) is 30.0 Å². The molecule has 0 radical (unpaired) electrons. The van der Waals surface area contributed by atoms with Crippen LogP contribution < -0.4 is 0 Å². The number of rotatable bonds is 0. The quantitative estimate of drug-likeness (QED) is 0.399. The lowest BCUT2D eigenvalue weighted by atomic mass is 10.4. The van der Waals surface area contributed by atoms with Crippen molar-refractivity contribution < 1.29 is 0 Å². The predicted octanol–water partition coefficient (Wildman–Crippen LogP) is 5.37. The third kappa shape index (κ3) is 2.83. The molecule has 62 valence electrons. The van der Waals surface area contributed by atoms with E-state index < -0.39 is 0 Å². The van der Waals surface area contributed by atoms with Gasteiger partial charge in [-0.1, -0.05) is 7.43 Å². The lowest BCUT2D eigenvalue weighted by Gasteiger charge is -2.00. The standard InChI is InChI=1S/C6H2Br4.CH4/c7-3-1-2-4(8)6(10)5(3)9;/h1-2H;1H4. The molecule has 0 unspecified atom stereocenters. The molecular weight excluding hydrogens is 404 g/mol. The van der Waals surface area contributed by atoms with Gasteiger partial charge in [0.15, 0.2) is 0 Å². The highest BCUT2D eigenvalue weighted by molar-refractivity contribution is 9.15. The van der Waals surface area contributed by atoms with Crippen LogP contribution in [0.5, 0.6) is 0 Å². The minimum atomic E-state index is 0. The Kier molecular flexibility index (Phi) is 5.51. The van der Waals surface area contributed by atoms with Gasteiger partial charge in [-0.15, -0.1) is 0 Å². The molecule has 1 rings (SSSR count). The molecule has 0 saturated carbocycles. The molecule has 0 saturated heterocycles. The molecule has 0 aliphatic rings. The van der Waals surface area contributed by atoms with Gasteiger partial charge in [0.1, 0.15) is 0 Å². The molecule has 0 heterocycles. The minimum absolute atomic E-state index is 0. The third-order valence-corrected chi connectivity index (χ3v) is 5.55. The summed E-state index contributed by atoms with van der Waals surface area (Å²) >= 11 is 13.6. The van der Waals surface area contributed by atoms with Crippen molar-refractivity contribution in [3.05, 3.63) is 30.0 Å². The Labute approximate surface area is 100 Å². The van der Waals surface area contributed by atoms with E-state index in [1.165, 1.54) is 0 Å². The summed E-state index contributed by atoms with van der Waals surface area (Å²) < 4.78 is 4.15. The smallest absolute Gasteiger partial charge is 0.0471 e. The Bertz CT molecular complexity index is 230. The van der Waals surface area contributed by atoms with Crippen LogP contribution in [0.25, 0.3) is 0 Å². The zero-order valence-corrected chi connectivity index (χ0v) is 11.0. The number of hydrogen-bond donors (Lipinski definition) is 0. The highest BCUT2D eigenvalue weighted by atomic mass is 79.9. The summed E-state index contributed by atoms with van der Waals surface area (Å²) in [7, 11) is 0. The molecule has 0 amide bonds. The van der Waals surface area contributed by atoms with Gasteiger partial charge in [-0.05, 0) is 75.9 Å². The molecule has 0 aliphatic heterocycles. The summed E-state index contributed by atoms with van der Waals surface area (Å²) in [6.07, 6.45) is 0. The second-order valence-corrected chi connectivity index (χ2v) is 4.95. The molecule has 1 aromatic rings. The zero-order chi connectivity index (χ0) is 7.72. The van der Waals surface area contributed by atoms with Crippen LogP contribution in [0.1, 0.15) is 7.43 Å². The van der Waals surface area contributed by atoms with Crippen LogP contribution in [0.3, 0.4) is 0 Å². The van der Waals surface area contributed by atoms with Crippen molar-refractivity contribution in [1.82, 2.24) is 0 Å². The van der Waals surface area contributed by atoms with E-state index in [4.69, 9.17) is 0 Å². The summed E-state index contributed by atoms with van der Waals surface area (Å²) in [5.41, 5.74) is 0. The fraction of sp³-hybridized carbons (Fsp3) is 0.143. The average molecular weight is 410 g/mol. The average Bonchev–Trinajstić information content (AvgIpc) is 1.93. The molecule has 0 bridgehead atoms. The van der Waals surface area contributed by atoms with Crippen molar-refractivity contribution in [2.45, 2.75) is 7.43 Å². The first-order valence-corrected chi connectivity index (χ1v) is 5.59. The summed E-state index contributed by atoms with van der Waals surface area (Å²) in [6.45, 7) is 0. The van der Waals surface area contributed by atoms with E-state index in [2.05, 4.69) is 63.7 Å². The maximum Gasteiger partial charge on any atom is 0.0471 e. The second kappa shape index (κ2) is 5.00. The van der Waals surface area contributed by atoms with Crippen LogP contribution in [-0.2, 0) is 0 Å². The molecule has 0 aromatic heterocycles. The SMILES string of the molecule is Brc1ccc(Br)c(Br)c1Br.C.